The van der Waals surface area contributed by atoms with Crippen molar-refractivity contribution in [2.75, 3.05) is 19.6 Å². The molecule has 1 amide bonds. The Labute approximate surface area is 224 Å². The molecule has 0 bridgehead atoms. The highest BCUT2D eigenvalue weighted by Gasteiger charge is 2.28. The van der Waals surface area contributed by atoms with Gasteiger partial charge in [-0.25, -0.2) is 14.9 Å². The number of aliphatic hydroxyl groups is 1. The summed E-state index contributed by atoms with van der Waals surface area (Å²) in [6.45, 7) is 3.54. The Morgan fingerprint density at radius 3 is 2.55 bits per heavy atom. The van der Waals surface area contributed by atoms with Crippen LogP contribution in [0.2, 0.25) is 0 Å². The van der Waals surface area contributed by atoms with Gasteiger partial charge in [0.2, 0.25) is 5.91 Å². The van der Waals surface area contributed by atoms with E-state index in [4.69, 9.17) is 14.4 Å². The number of hydrogen-bond donors (Lipinski definition) is 3. The molecule has 1 aliphatic rings. The fourth-order valence-electron chi connectivity index (χ4n) is 4.64. The van der Waals surface area contributed by atoms with Crippen LogP contribution in [0, 0.1) is 6.92 Å². The second-order valence-corrected chi connectivity index (χ2v) is 9.91. The van der Waals surface area contributed by atoms with Crippen molar-refractivity contribution in [2.45, 2.75) is 32.3 Å². The van der Waals surface area contributed by atoms with Gasteiger partial charge in [-0.1, -0.05) is 36.4 Å². The van der Waals surface area contributed by atoms with Gasteiger partial charge in [0.25, 0.3) is 11.3 Å². The number of carboxylic acid groups (broad SMARTS) is 1. The summed E-state index contributed by atoms with van der Waals surface area (Å²) in [4.78, 5) is 23.5. The highest BCUT2D eigenvalue weighted by Crippen LogP contribution is 2.30. The highest BCUT2D eigenvalue weighted by atomic mass is 32.2. The van der Waals surface area contributed by atoms with Crippen molar-refractivity contribution in [1.82, 2.24) is 10.0 Å². The molecule has 4 rings (SSSR count). The van der Waals surface area contributed by atoms with Gasteiger partial charge in [0.1, 0.15) is 5.75 Å². The Kier molecular flexibility index (Phi) is 8.90. The highest BCUT2D eigenvalue weighted by molar-refractivity contribution is 7.78. The summed E-state index contributed by atoms with van der Waals surface area (Å²) in [5.41, 5.74) is 4.78. The van der Waals surface area contributed by atoms with Crippen LogP contribution < -0.4 is 9.32 Å². The smallest absolute Gasteiger partial charge is 0.335 e. The fraction of sp³-hybridized carbons (Fsp3) is 0.286. The average molecular weight is 538 g/mol. The molecule has 0 radical (unpaired) electrons. The molecule has 1 saturated heterocycles. The van der Waals surface area contributed by atoms with Gasteiger partial charge in [0.15, 0.2) is 0 Å². The molecule has 1 aliphatic heterocycles. The van der Waals surface area contributed by atoms with E-state index in [1.807, 2.05) is 42.3 Å². The molecule has 4 N–H and O–H groups in total. The molecule has 0 spiro atoms. The Bertz CT molecular complexity index is 1330. The number of aryl methyl sites for hydroxylation is 1. The van der Waals surface area contributed by atoms with Crippen LogP contribution in [0.15, 0.2) is 66.7 Å². The zero-order chi connectivity index (χ0) is 27.2. The largest absolute Gasteiger partial charge is 0.478 e. The van der Waals surface area contributed by atoms with Gasteiger partial charge >= 0.3 is 5.97 Å². The third-order valence-electron chi connectivity index (χ3n) is 6.65. The van der Waals surface area contributed by atoms with Crippen molar-refractivity contribution in [3.05, 3.63) is 89.0 Å². The van der Waals surface area contributed by atoms with Crippen LogP contribution >= 0.6 is 0 Å². The van der Waals surface area contributed by atoms with E-state index >= 15 is 0 Å². The summed E-state index contributed by atoms with van der Waals surface area (Å²) < 4.78 is 16.2. The normalized spacial score (nSPS) is 15.4. The second kappa shape index (κ2) is 12.3. The van der Waals surface area contributed by atoms with Gasteiger partial charge in [0, 0.05) is 26.1 Å². The number of carboxylic acids is 1. The molecule has 0 aliphatic carbocycles. The lowest BCUT2D eigenvalue weighted by Gasteiger charge is -2.29. The molecule has 200 valence electrons. The fourth-order valence-corrected chi connectivity index (χ4v) is 4.93. The number of amides is 1. The molecule has 1 fully saturated rings. The molecule has 3 aromatic rings. The number of hydrogen-bond acceptors (Lipinski definition) is 6. The van der Waals surface area contributed by atoms with E-state index in [-0.39, 0.29) is 11.5 Å². The van der Waals surface area contributed by atoms with E-state index in [2.05, 4.69) is 0 Å². The summed E-state index contributed by atoms with van der Waals surface area (Å²) in [7, 11) is 0. The first-order valence-electron chi connectivity index (χ1n) is 12.3. The Hall–Kier alpha value is -3.57. The quantitative estimate of drug-likeness (QED) is 0.341. The van der Waals surface area contributed by atoms with E-state index in [1.165, 1.54) is 0 Å². The van der Waals surface area contributed by atoms with E-state index < -0.39 is 23.3 Å². The maximum atomic E-state index is 12.5. The van der Waals surface area contributed by atoms with Crippen molar-refractivity contribution in [2.24, 2.45) is 5.14 Å². The standard InChI is InChI=1S/C28H31N3O6S/c1-19-17-24(37-38(29)36)9-10-25(19)22-3-2-4-23(18-22)26(32)12-14-30-15-13-27(33)31(30)16-11-20-5-7-21(8-6-20)28(34)35/h2-10,17-18,26,32H,11-16,29H2,1H3,(H,34,35). The first kappa shape index (κ1) is 27.5. The minimum atomic E-state index is -1.89. The van der Waals surface area contributed by atoms with Crippen molar-refractivity contribution in [1.29, 1.82) is 0 Å². The van der Waals surface area contributed by atoms with Crippen LogP contribution in [0.1, 0.15) is 46.0 Å². The van der Waals surface area contributed by atoms with Gasteiger partial charge in [-0.05, 0) is 77.9 Å². The molecule has 1 heterocycles. The number of hydrazine groups is 1. The number of carbonyl (C=O) groups excluding carboxylic acids is 1. The number of benzene rings is 3. The van der Waals surface area contributed by atoms with Crippen LogP contribution in [-0.4, -0.2) is 56.0 Å². The summed E-state index contributed by atoms with van der Waals surface area (Å²) in [6, 6.07) is 19.7. The van der Waals surface area contributed by atoms with Crippen molar-refractivity contribution in [3.8, 4) is 16.9 Å². The summed E-state index contributed by atoms with van der Waals surface area (Å²) in [6.07, 6.45) is 0.782. The zero-order valence-corrected chi connectivity index (χ0v) is 21.9. The maximum Gasteiger partial charge on any atom is 0.335 e. The predicted molar refractivity (Wildman–Crippen MR) is 144 cm³/mol. The van der Waals surface area contributed by atoms with Gasteiger partial charge in [-0.3, -0.25) is 9.80 Å². The number of rotatable bonds is 11. The third-order valence-corrected chi connectivity index (χ3v) is 7.00. The first-order valence-corrected chi connectivity index (χ1v) is 13.5. The molecular formula is C28H31N3O6S. The lowest BCUT2D eigenvalue weighted by molar-refractivity contribution is -0.138. The first-order chi connectivity index (χ1) is 18.2. The van der Waals surface area contributed by atoms with E-state index in [9.17, 15) is 18.9 Å². The molecule has 38 heavy (non-hydrogen) atoms. The Morgan fingerprint density at radius 2 is 1.87 bits per heavy atom. The van der Waals surface area contributed by atoms with Crippen LogP contribution in [0.5, 0.6) is 5.75 Å². The van der Waals surface area contributed by atoms with Crippen molar-refractivity contribution < 1.29 is 28.2 Å². The van der Waals surface area contributed by atoms with Crippen LogP contribution in [0.4, 0.5) is 0 Å². The molecule has 3 aromatic carbocycles. The molecule has 2 unspecified atom stereocenters. The topological polar surface area (TPSA) is 133 Å². The number of aromatic carboxylic acids is 1. The second-order valence-electron chi connectivity index (χ2n) is 9.22. The molecule has 10 heteroatoms. The van der Waals surface area contributed by atoms with Gasteiger partial charge < -0.3 is 14.4 Å². The molecule has 0 aromatic heterocycles. The number of carbonyl (C=O) groups is 2. The van der Waals surface area contributed by atoms with Gasteiger partial charge in [-0.2, -0.15) is 4.21 Å². The minimum absolute atomic E-state index is 0.0463. The Morgan fingerprint density at radius 1 is 1.11 bits per heavy atom. The molecule has 9 nitrogen and oxygen atoms in total. The van der Waals surface area contributed by atoms with Crippen LogP contribution in [0.25, 0.3) is 11.1 Å². The molecule has 0 saturated carbocycles. The van der Waals surface area contributed by atoms with E-state index in [0.717, 1.165) is 27.8 Å². The number of nitrogens with zero attached hydrogens (tertiary/aromatic N) is 2. The summed E-state index contributed by atoms with van der Waals surface area (Å²) in [5.74, 6) is -0.499. The maximum absolute atomic E-state index is 12.5. The number of nitrogens with two attached hydrogens (primary N) is 1. The van der Waals surface area contributed by atoms with Crippen molar-refractivity contribution >= 4 is 23.1 Å². The lowest BCUT2D eigenvalue weighted by atomic mass is 9.96. The van der Waals surface area contributed by atoms with Gasteiger partial charge in [-0.15, -0.1) is 0 Å². The van der Waals surface area contributed by atoms with Crippen LogP contribution in [0.3, 0.4) is 0 Å². The average Bonchev–Trinajstić information content (AvgIpc) is 3.25. The molecule has 2 atom stereocenters. The Balaban J connectivity index is 1.36. The summed E-state index contributed by atoms with van der Waals surface area (Å²) >= 11 is -1.89. The third kappa shape index (κ3) is 6.84. The SMILES string of the molecule is Cc1cc(OS(N)=O)ccc1-c1cccc(C(O)CCN2CCC(=O)N2CCc2ccc(C(=O)O)cc2)c1. The number of aliphatic hydroxyl groups excluding tert-OH is 1. The van der Waals surface area contributed by atoms with E-state index in [0.29, 0.717) is 44.6 Å². The van der Waals surface area contributed by atoms with Crippen LogP contribution in [-0.2, 0) is 22.5 Å². The summed E-state index contributed by atoms with van der Waals surface area (Å²) in [5, 5.41) is 28.9. The predicted octanol–water partition coefficient (Wildman–Crippen LogP) is 3.39. The minimum Gasteiger partial charge on any atom is -0.478 e. The lowest BCUT2D eigenvalue weighted by Crippen LogP contribution is -2.41. The van der Waals surface area contributed by atoms with Crippen molar-refractivity contribution in [3.63, 3.8) is 0 Å². The zero-order valence-electron chi connectivity index (χ0n) is 21.1. The van der Waals surface area contributed by atoms with Gasteiger partial charge in [0.05, 0.1) is 11.7 Å². The monoisotopic (exact) mass is 537 g/mol. The molecular weight excluding hydrogens is 506 g/mol. The van der Waals surface area contributed by atoms with E-state index in [1.54, 1.807) is 41.4 Å².